The molecule has 0 spiro atoms. The number of hydrogen-bond acceptors (Lipinski definition) is 2. The van der Waals surface area contributed by atoms with E-state index in [9.17, 15) is 0 Å². The molecular formula is C9H15NO. The number of nitrogens with zero attached hydrogens (tertiary/aromatic N) is 1. The minimum atomic E-state index is 0.293. The first-order valence-corrected chi connectivity index (χ1v) is 3.72. The van der Waals surface area contributed by atoms with Gasteiger partial charge in [0.1, 0.15) is 5.76 Å². The van der Waals surface area contributed by atoms with Crippen molar-refractivity contribution in [1.82, 2.24) is 0 Å². The van der Waals surface area contributed by atoms with Crippen molar-refractivity contribution in [3.8, 4) is 0 Å². The van der Waals surface area contributed by atoms with E-state index < -0.39 is 0 Å². The summed E-state index contributed by atoms with van der Waals surface area (Å²) < 4.78 is 0. The minimum absolute atomic E-state index is 0.293. The van der Waals surface area contributed by atoms with Gasteiger partial charge < -0.3 is 5.11 Å². The summed E-state index contributed by atoms with van der Waals surface area (Å²) in [4.78, 5) is 3.86. The molecule has 62 valence electrons. The summed E-state index contributed by atoms with van der Waals surface area (Å²) in [7, 11) is 1.72. The van der Waals surface area contributed by atoms with Gasteiger partial charge in [-0.25, -0.2) is 0 Å². The topological polar surface area (TPSA) is 32.6 Å². The van der Waals surface area contributed by atoms with Gasteiger partial charge in [-0.3, -0.25) is 4.99 Å². The predicted molar refractivity (Wildman–Crippen MR) is 49.2 cm³/mol. The number of hydrogen-bond donors (Lipinski definition) is 1. The molecule has 0 radical (unpaired) electrons. The average molecular weight is 153 g/mol. The molecule has 0 atom stereocenters. The van der Waals surface area contributed by atoms with Gasteiger partial charge in [-0.05, 0) is 31.1 Å². The average Bonchev–Trinajstić information content (AvgIpc) is 2.03. The van der Waals surface area contributed by atoms with Crippen LogP contribution in [-0.4, -0.2) is 18.4 Å². The van der Waals surface area contributed by atoms with E-state index in [4.69, 9.17) is 5.11 Å². The van der Waals surface area contributed by atoms with Crippen molar-refractivity contribution in [3.63, 3.8) is 0 Å². The van der Waals surface area contributed by atoms with Crippen LogP contribution in [0.25, 0.3) is 0 Å². The second-order valence-corrected chi connectivity index (χ2v) is 2.17. The van der Waals surface area contributed by atoms with E-state index in [0.29, 0.717) is 5.76 Å². The van der Waals surface area contributed by atoms with Crippen LogP contribution in [-0.2, 0) is 0 Å². The van der Waals surface area contributed by atoms with Gasteiger partial charge in [-0.15, -0.1) is 0 Å². The van der Waals surface area contributed by atoms with E-state index in [1.165, 1.54) is 0 Å². The van der Waals surface area contributed by atoms with Crippen LogP contribution in [0.15, 0.2) is 28.5 Å². The number of aliphatic imine (C=N–C) groups is 1. The highest BCUT2D eigenvalue weighted by atomic mass is 16.3. The monoisotopic (exact) mass is 153 g/mol. The molecule has 2 heteroatoms. The smallest absolute Gasteiger partial charge is 0.111 e. The van der Waals surface area contributed by atoms with E-state index in [1.54, 1.807) is 32.3 Å². The van der Waals surface area contributed by atoms with Crippen LogP contribution in [0.3, 0.4) is 0 Å². The Morgan fingerprint density at radius 1 is 1.55 bits per heavy atom. The Labute approximate surface area is 68.0 Å². The first kappa shape index (κ1) is 9.95. The molecule has 0 aliphatic rings. The molecule has 0 bridgehead atoms. The van der Waals surface area contributed by atoms with Gasteiger partial charge in [-0.1, -0.05) is 6.92 Å². The SMILES string of the molecule is C/C=C(O)\C=C(\C=NC)CC. The van der Waals surface area contributed by atoms with Crippen LogP contribution >= 0.6 is 0 Å². The van der Waals surface area contributed by atoms with E-state index >= 15 is 0 Å². The van der Waals surface area contributed by atoms with Crippen LogP contribution in [0.2, 0.25) is 0 Å². The Bertz CT molecular complexity index is 190. The number of allylic oxidation sites excluding steroid dienone is 3. The maximum atomic E-state index is 9.11. The molecule has 0 aliphatic heterocycles. The van der Waals surface area contributed by atoms with Crippen molar-refractivity contribution in [2.24, 2.45) is 4.99 Å². The van der Waals surface area contributed by atoms with Gasteiger partial charge in [-0.2, -0.15) is 0 Å². The second-order valence-electron chi connectivity index (χ2n) is 2.17. The second kappa shape index (κ2) is 5.71. The molecule has 0 aromatic carbocycles. The Morgan fingerprint density at radius 3 is 2.55 bits per heavy atom. The maximum Gasteiger partial charge on any atom is 0.111 e. The van der Waals surface area contributed by atoms with Gasteiger partial charge in [0, 0.05) is 13.3 Å². The first-order chi connectivity index (χ1) is 5.24. The van der Waals surface area contributed by atoms with Crippen LogP contribution < -0.4 is 0 Å². The number of aliphatic hydroxyl groups is 1. The third kappa shape index (κ3) is 4.37. The summed E-state index contributed by atoms with van der Waals surface area (Å²) in [5.41, 5.74) is 1.03. The molecular weight excluding hydrogens is 138 g/mol. The van der Waals surface area contributed by atoms with Gasteiger partial charge in [0.05, 0.1) is 0 Å². The zero-order valence-electron chi connectivity index (χ0n) is 7.33. The molecule has 0 aromatic rings. The highest BCUT2D eigenvalue weighted by Gasteiger charge is 1.89. The lowest BCUT2D eigenvalue weighted by atomic mass is 10.2. The fraction of sp³-hybridized carbons (Fsp3) is 0.444. The van der Waals surface area contributed by atoms with Gasteiger partial charge in [0.15, 0.2) is 0 Å². The lowest BCUT2D eigenvalue weighted by molar-refractivity contribution is 0.431. The fourth-order valence-electron chi connectivity index (χ4n) is 0.670. The lowest BCUT2D eigenvalue weighted by Gasteiger charge is -1.94. The van der Waals surface area contributed by atoms with Crippen molar-refractivity contribution in [2.45, 2.75) is 20.3 Å². The Kier molecular flexibility index (Phi) is 5.17. The van der Waals surface area contributed by atoms with E-state index in [-0.39, 0.29) is 0 Å². The number of aliphatic hydroxyl groups excluding tert-OH is 1. The Morgan fingerprint density at radius 2 is 2.18 bits per heavy atom. The third-order valence-corrected chi connectivity index (χ3v) is 1.33. The Hall–Kier alpha value is -1.05. The molecule has 1 N–H and O–H groups in total. The quantitative estimate of drug-likeness (QED) is 0.377. The van der Waals surface area contributed by atoms with Crippen LogP contribution in [0, 0.1) is 0 Å². The van der Waals surface area contributed by atoms with Crippen molar-refractivity contribution in [2.75, 3.05) is 7.05 Å². The van der Waals surface area contributed by atoms with Gasteiger partial charge in [0.2, 0.25) is 0 Å². The van der Waals surface area contributed by atoms with E-state index in [1.807, 2.05) is 6.92 Å². The maximum absolute atomic E-state index is 9.11. The van der Waals surface area contributed by atoms with E-state index in [2.05, 4.69) is 4.99 Å². The summed E-state index contributed by atoms with van der Waals surface area (Å²) in [5, 5.41) is 9.11. The molecule has 0 unspecified atom stereocenters. The van der Waals surface area contributed by atoms with Crippen molar-refractivity contribution < 1.29 is 5.11 Å². The summed E-state index contributed by atoms with van der Waals surface area (Å²) in [6.45, 7) is 3.82. The molecule has 11 heavy (non-hydrogen) atoms. The summed E-state index contributed by atoms with van der Waals surface area (Å²) >= 11 is 0. The van der Waals surface area contributed by atoms with Crippen molar-refractivity contribution >= 4 is 6.21 Å². The zero-order chi connectivity index (χ0) is 8.69. The van der Waals surface area contributed by atoms with Crippen LogP contribution in [0.4, 0.5) is 0 Å². The molecule has 0 fully saturated rings. The van der Waals surface area contributed by atoms with E-state index in [0.717, 1.165) is 12.0 Å². The molecule has 0 saturated heterocycles. The molecule has 0 aliphatic carbocycles. The van der Waals surface area contributed by atoms with Gasteiger partial charge in [0.25, 0.3) is 0 Å². The fourth-order valence-corrected chi connectivity index (χ4v) is 0.670. The van der Waals surface area contributed by atoms with Gasteiger partial charge >= 0.3 is 0 Å². The summed E-state index contributed by atoms with van der Waals surface area (Å²) in [6.07, 6.45) is 6.00. The molecule has 0 heterocycles. The van der Waals surface area contributed by atoms with Crippen molar-refractivity contribution in [3.05, 3.63) is 23.5 Å². The minimum Gasteiger partial charge on any atom is -0.508 e. The van der Waals surface area contributed by atoms with Crippen molar-refractivity contribution in [1.29, 1.82) is 0 Å². The molecule has 0 aromatic heterocycles. The van der Waals surface area contributed by atoms with Crippen LogP contribution in [0.5, 0.6) is 0 Å². The molecule has 0 saturated carbocycles. The summed E-state index contributed by atoms with van der Waals surface area (Å²) in [5.74, 6) is 0.293. The zero-order valence-corrected chi connectivity index (χ0v) is 7.33. The molecule has 0 amide bonds. The summed E-state index contributed by atoms with van der Waals surface area (Å²) in [6, 6.07) is 0. The van der Waals surface area contributed by atoms with Crippen LogP contribution in [0.1, 0.15) is 20.3 Å². The lowest BCUT2D eigenvalue weighted by Crippen LogP contribution is -1.84. The first-order valence-electron chi connectivity index (χ1n) is 3.72. The predicted octanol–water partition coefficient (Wildman–Crippen LogP) is 2.49. The normalized spacial score (nSPS) is 14.5. The largest absolute Gasteiger partial charge is 0.508 e. The highest BCUT2D eigenvalue weighted by Crippen LogP contribution is 2.01. The third-order valence-electron chi connectivity index (χ3n) is 1.33. The highest BCUT2D eigenvalue weighted by molar-refractivity contribution is 5.78. The molecule has 0 rings (SSSR count). The Balaban J connectivity index is 4.35. The standard InChI is InChI=1S/C9H15NO/c1-4-8(7-10-3)6-9(11)5-2/h5-7,11H,4H2,1-3H3/b8-6+,9-5+,10-7?. The molecule has 2 nitrogen and oxygen atoms in total. The number of rotatable bonds is 3.